The Morgan fingerprint density at radius 2 is 1.93 bits per heavy atom. The number of rotatable bonds is 6. The molecule has 0 saturated carbocycles. The number of aromatic nitrogens is 3. The van der Waals surface area contributed by atoms with Crippen molar-refractivity contribution in [3.8, 4) is 5.75 Å². The van der Waals surface area contributed by atoms with Gasteiger partial charge in [-0.2, -0.15) is 5.10 Å². The Balaban J connectivity index is 1.18. The van der Waals surface area contributed by atoms with E-state index < -0.39 is 17.4 Å². The zero-order valence-electron chi connectivity index (χ0n) is 24.8. The number of hydrogen-bond acceptors (Lipinski definition) is 8. The summed E-state index contributed by atoms with van der Waals surface area (Å²) in [6, 6.07) is 11.6. The summed E-state index contributed by atoms with van der Waals surface area (Å²) < 4.78 is 12.4. The molecule has 0 bridgehead atoms. The van der Waals surface area contributed by atoms with E-state index in [1.54, 1.807) is 30.3 Å². The number of carbonyl (C=O) groups is 4. The average molecular weight is 597 g/mol. The molecule has 12 nitrogen and oxygen atoms in total. The van der Waals surface area contributed by atoms with Crippen LogP contribution in [0.2, 0.25) is 0 Å². The Morgan fingerprint density at radius 3 is 2.73 bits per heavy atom. The summed E-state index contributed by atoms with van der Waals surface area (Å²) >= 11 is 0. The Kier molecular flexibility index (Phi) is 7.28. The lowest BCUT2D eigenvalue weighted by Crippen LogP contribution is -2.31. The van der Waals surface area contributed by atoms with E-state index >= 15 is 0 Å². The minimum Gasteiger partial charge on any atom is -0.482 e. The third-order valence-corrected chi connectivity index (χ3v) is 7.57. The highest BCUT2D eigenvalue weighted by molar-refractivity contribution is 5.99. The van der Waals surface area contributed by atoms with Crippen molar-refractivity contribution in [1.82, 2.24) is 25.2 Å². The average Bonchev–Trinajstić information content (AvgIpc) is 3.62. The number of carbonyl (C=O) groups excluding carboxylic acids is 4. The molecule has 226 valence electrons. The molecule has 2 aromatic carbocycles. The van der Waals surface area contributed by atoms with Gasteiger partial charge in [0.05, 0.1) is 23.5 Å². The van der Waals surface area contributed by atoms with Gasteiger partial charge in [0, 0.05) is 18.7 Å². The zero-order valence-corrected chi connectivity index (χ0v) is 24.8. The first-order chi connectivity index (χ1) is 21.0. The summed E-state index contributed by atoms with van der Waals surface area (Å²) in [6.07, 6.45) is 2.87. The van der Waals surface area contributed by atoms with E-state index in [0.29, 0.717) is 35.5 Å². The molecule has 6 rings (SSSR count). The van der Waals surface area contributed by atoms with E-state index in [4.69, 9.17) is 9.47 Å². The number of nitrogens with one attached hydrogen (secondary N) is 3. The molecule has 1 aliphatic carbocycles. The van der Waals surface area contributed by atoms with Crippen molar-refractivity contribution < 1.29 is 28.7 Å². The minimum absolute atomic E-state index is 0.0642. The van der Waals surface area contributed by atoms with E-state index in [2.05, 4.69) is 26.0 Å². The molecule has 1 aliphatic heterocycles. The fourth-order valence-corrected chi connectivity index (χ4v) is 5.51. The number of esters is 1. The fraction of sp³-hybridized carbons (Fsp3) is 0.312. The van der Waals surface area contributed by atoms with Gasteiger partial charge in [-0.15, -0.1) is 0 Å². The lowest BCUT2D eigenvalue weighted by molar-refractivity contribution is -0.118. The van der Waals surface area contributed by atoms with E-state index in [-0.39, 0.29) is 42.5 Å². The first-order valence-electron chi connectivity index (χ1n) is 14.3. The Bertz CT molecular complexity index is 1840. The molecular formula is C32H32N6O6. The maximum absolute atomic E-state index is 13.6. The largest absolute Gasteiger partial charge is 0.482 e. The van der Waals surface area contributed by atoms with Gasteiger partial charge in [-0.1, -0.05) is 12.1 Å². The molecule has 1 atom stereocenters. The maximum Gasteiger partial charge on any atom is 0.338 e. The number of ether oxygens (including phenoxy) is 2. The maximum atomic E-state index is 13.6. The predicted molar refractivity (Wildman–Crippen MR) is 160 cm³/mol. The number of amides is 3. The van der Waals surface area contributed by atoms with Crippen molar-refractivity contribution in [2.45, 2.75) is 58.7 Å². The van der Waals surface area contributed by atoms with Crippen LogP contribution in [0.15, 0.2) is 48.7 Å². The molecule has 3 heterocycles. The molecule has 0 saturated heterocycles. The van der Waals surface area contributed by atoms with Crippen LogP contribution in [0, 0.1) is 6.92 Å². The second kappa shape index (κ2) is 11.1. The molecule has 0 spiro atoms. The van der Waals surface area contributed by atoms with Crippen molar-refractivity contribution >= 4 is 35.0 Å². The van der Waals surface area contributed by atoms with Gasteiger partial charge in [0.15, 0.2) is 12.3 Å². The predicted octanol–water partition coefficient (Wildman–Crippen LogP) is 3.67. The van der Waals surface area contributed by atoms with Crippen molar-refractivity contribution in [3.63, 3.8) is 0 Å². The topological polar surface area (TPSA) is 153 Å². The molecule has 44 heavy (non-hydrogen) atoms. The second-order valence-corrected chi connectivity index (χ2v) is 11.9. The molecule has 12 heteroatoms. The molecule has 3 amide bonds. The smallest absolute Gasteiger partial charge is 0.338 e. The Hall–Kier alpha value is -5.26. The first-order valence-corrected chi connectivity index (χ1v) is 14.3. The first kappa shape index (κ1) is 28.8. The van der Waals surface area contributed by atoms with Crippen LogP contribution < -0.4 is 20.7 Å². The normalized spacial score (nSPS) is 15.5. The van der Waals surface area contributed by atoms with E-state index in [1.807, 2.05) is 33.8 Å². The van der Waals surface area contributed by atoms with Gasteiger partial charge < -0.3 is 25.4 Å². The summed E-state index contributed by atoms with van der Waals surface area (Å²) in [5.74, 6) is -0.942. The van der Waals surface area contributed by atoms with Gasteiger partial charge in [0.2, 0.25) is 0 Å². The van der Waals surface area contributed by atoms with Gasteiger partial charge in [0.1, 0.15) is 22.7 Å². The number of hydrogen-bond donors (Lipinski definition) is 3. The van der Waals surface area contributed by atoms with Crippen molar-refractivity contribution in [2.24, 2.45) is 0 Å². The molecule has 0 radical (unpaired) electrons. The van der Waals surface area contributed by atoms with Crippen LogP contribution in [0.1, 0.15) is 86.8 Å². The molecular weight excluding hydrogens is 564 g/mol. The number of benzene rings is 2. The summed E-state index contributed by atoms with van der Waals surface area (Å²) in [7, 11) is 0. The van der Waals surface area contributed by atoms with Crippen molar-refractivity contribution in [3.05, 3.63) is 87.9 Å². The van der Waals surface area contributed by atoms with Gasteiger partial charge >= 0.3 is 5.97 Å². The summed E-state index contributed by atoms with van der Waals surface area (Å²) in [5, 5.41) is 12.9. The van der Waals surface area contributed by atoms with Crippen LogP contribution in [0.4, 0.5) is 5.69 Å². The van der Waals surface area contributed by atoms with Crippen LogP contribution >= 0.6 is 0 Å². The summed E-state index contributed by atoms with van der Waals surface area (Å²) in [6.45, 7) is 7.51. The van der Waals surface area contributed by atoms with Gasteiger partial charge in [-0.3, -0.25) is 14.4 Å². The fourth-order valence-electron chi connectivity index (χ4n) is 5.51. The second-order valence-electron chi connectivity index (χ2n) is 11.9. The minimum atomic E-state index is -0.604. The third kappa shape index (κ3) is 5.70. The SMILES string of the molecule is Cc1c(C(=O)OC(C)(C)C)ccc2c1CC[C@@H]2NC(=O)c1cc(C(=O)NCc2ccc3c(c2)OCC(=O)N3)nc2ccnn12. The Labute approximate surface area is 253 Å². The lowest BCUT2D eigenvalue weighted by atomic mass is 9.97. The summed E-state index contributed by atoms with van der Waals surface area (Å²) in [5.41, 5.74) is 4.65. The van der Waals surface area contributed by atoms with Crippen LogP contribution in [0.5, 0.6) is 5.75 Å². The highest BCUT2D eigenvalue weighted by atomic mass is 16.6. The van der Waals surface area contributed by atoms with Gasteiger partial charge in [0.25, 0.3) is 17.7 Å². The van der Waals surface area contributed by atoms with E-state index in [1.165, 1.54) is 16.8 Å². The monoisotopic (exact) mass is 596 g/mol. The molecule has 0 unspecified atom stereocenters. The Morgan fingerprint density at radius 1 is 1.11 bits per heavy atom. The quantitative estimate of drug-likeness (QED) is 0.285. The molecule has 2 aromatic heterocycles. The highest BCUT2D eigenvalue weighted by Crippen LogP contribution is 2.35. The van der Waals surface area contributed by atoms with Crippen molar-refractivity contribution in [1.29, 1.82) is 0 Å². The van der Waals surface area contributed by atoms with Crippen LogP contribution in [-0.4, -0.2) is 50.5 Å². The molecule has 3 N–H and O–H groups in total. The molecule has 4 aromatic rings. The van der Waals surface area contributed by atoms with Crippen LogP contribution in [-0.2, 0) is 22.5 Å². The number of fused-ring (bicyclic) bond motifs is 3. The number of nitrogens with zero attached hydrogens (tertiary/aromatic N) is 3. The third-order valence-electron chi connectivity index (χ3n) is 7.57. The standard InChI is InChI=1S/C32H32N6O6/c1-17-19-8-10-22(21(19)7-6-20(17)31(42)44-32(2,3)4)37-30(41)25-14-24(35-27-11-12-34-38(25)27)29(40)33-15-18-5-9-23-26(13-18)43-16-28(39)36-23/h5-7,9,11-14,22H,8,10,15-16H2,1-4H3,(H,33,40)(H,36,39)(H,37,41)/t22-/m0/s1. The highest BCUT2D eigenvalue weighted by Gasteiger charge is 2.30. The summed E-state index contributed by atoms with van der Waals surface area (Å²) in [4.78, 5) is 55.4. The lowest BCUT2D eigenvalue weighted by Gasteiger charge is -2.21. The molecule has 0 fully saturated rings. The van der Waals surface area contributed by atoms with Crippen LogP contribution in [0.3, 0.4) is 0 Å². The van der Waals surface area contributed by atoms with E-state index in [9.17, 15) is 19.2 Å². The molecule has 2 aliphatic rings. The zero-order chi connectivity index (χ0) is 31.2. The van der Waals surface area contributed by atoms with Crippen molar-refractivity contribution in [2.75, 3.05) is 11.9 Å². The number of anilines is 1. The van der Waals surface area contributed by atoms with Gasteiger partial charge in [-0.05, 0) is 81.0 Å². The van der Waals surface area contributed by atoms with Crippen LogP contribution in [0.25, 0.3) is 5.65 Å². The van der Waals surface area contributed by atoms with E-state index in [0.717, 1.165) is 22.3 Å². The van der Waals surface area contributed by atoms with Gasteiger partial charge in [-0.25, -0.2) is 14.3 Å².